The van der Waals surface area contributed by atoms with E-state index in [0.717, 1.165) is 38.5 Å². The van der Waals surface area contributed by atoms with E-state index in [1.807, 2.05) is 6.92 Å². The second-order valence-corrected chi connectivity index (χ2v) is 16.4. The predicted octanol–water partition coefficient (Wildman–Crippen LogP) is 0.852. The van der Waals surface area contributed by atoms with Crippen LogP contribution in [0.3, 0.4) is 0 Å². The molecule has 0 aromatic rings. The Balaban J connectivity index is 1.14. The first-order chi connectivity index (χ1) is 21.7. The molecule has 0 aromatic heterocycles. The molecule has 3 aliphatic heterocycles. The molecular weight excluding hydrogens is 600 g/mol. The molecule has 0 bridgehead atoms. The topological polar surface area (TPSA) is 185 Å². The lowest BCUT2D eigenvalue weighted by molar-refractivity contribution is -0.363. The van der Waals surface area contributed by atoms with Crippen LogP contribution >= 0.6 is 0 Å². The normalized spacial score (nSPS) is 60.1. The number of carbonyl (C=O) groups excluding carboxylic acids is 1. The van der Waals surface area contributed by atoms with Gasteiger partial charge in [-0.15, -0.1) is 0 Å². The van der Waals surface area contributed by atoms with Crippen LogP contribution in [0.1, 0.15) is 79.6 Å². The van der Waals surface area contributed by atoms with Crippen molar-refractivity contribution in [3.63, 3.8) is 0 Å². The minimum absolute atomic E-state index is 0.0200. The van der Waals surface area contributed by atoms with Gasteiger partial charge in [-0.3, -0.25) is 4.79 Å². The van der Waals surface area contributed by atoms with Gasteiger partial charge in [0.2, 0.25) is 0 Å². The zero-order valence-electron chi connectivity index (χ0n) is 27.6. The number of fused-ring (bicyclic) bond motifs is 7. The van der Waals surface area contributed by atoms with Crippen molar-refractivity contribution in [2.45, 2.75) is 159 Å². The van der Waals surface area contributed by atoms with Gasteiger partial charge in [-0.25, -0.2) is 0 Å². The van der Waals surface area contributed by atoms with Crippen LogP contribution in [-0.2, 0) is 28.5 Å². The van der Waals surface area contributed by atoms with Gasteiger partial charge in [0, 0.05) is 5.92 Å². The van der Waals surface area contributed by atoms with E-state index in [1.165, 1.54) is 6.92 Å². The van der Waals surface area contributed by atoms with Crippen molar-refractivity contribution in [2.24, 2.45) is 46.3 Å². The number of rotatable bonds is 4. The Morgan fingerprint density at radius 2 is 1.35 bits per heavy atom. The molecule has 46 heavy (non-hydrogen) atoms. The Bertz CT molecular complexity index is 1160. The van der Waals surface area contributed by atoms with Crippen molar-refractivity contribution >= 4 is 5.97 Å². The summed E-state index contributed by atoms with van der Waals surface area (Å²) in [7, 11) is 0. The second-order valence-electron chi connectivity index (χ2n) is 16.4. The molecule has 0 radical (unpaired) electrons. The standard InChI is InChI=1S/C34H54O12/c1-13-23-22(44-30(13)41)12-19-17-11-21(20-10-16(35)6-8-33(20,4)18(17)7-9-34(19,23)5)45-32-28(40)29(25(37)15(3)43-32)46-31-27(39)26(38)24(36)14(2)42-31/h13-29,31-32,35-40H,6-12H2,1-5H3/t13-,14-,15+,16-,17+,18-,19-,20-,21-,22-,23-,24-,25+,26+,27+,28+,29-,31-,32-,33+,34-/m0/s1. The van der Waals surface area contributed by atoms with E-state index >= 15 is 0 Å². The van der Waals surface area contributed by atoms with E-state index in [0.29, 0.717) is 24.2 Å². The van der Waals surface area contributed by atoms with Crippen LogP contribution in [0, 0.1) is 46.3 Å². The van der Waals surface area contributed by atoms with Crippen molar-refractivity contribution in [1.82, 2.24) is 0 Å². The summed E-state index contributed by atoms with van der Waals surface area (Å²) >= 11 is 0. The third-order valence-corrected chi connectivity index (χ3v) is 14.1. The minimum atomic E-state index is -1.60. The number of aliphatic hydroxyl groups is 6. The summed E-state index contributed by atoms with van der Waals surface area (Å²) in [6.45, 7) is 9.89. The van der Waals surface area contributed by atoms with Crippen molar-refractivity contribution in [3.8, 4) is 0 Å². The van der Waals surface area contributed by atoms with Gasteiger partial charge < -0.3 is 54.3 Å². The number of esters is 1. The smallest absolute Gasteiger partial charge is 0.309 e. The van der Waals surface area contributed by atoms with Gasteiger partial charge >= 0.3 is 5.97 Å². The molecule has 262 valence electrons. The van der Waals surface area contributed by atoms with Crippen LogP contribution in [0.25, 0.3) is 0 Å². The first kappa shape index (κ1) is 33.6. The number of hydrogen-bond donors (Lipinski definition) is 6. The predicted molar refractivity (Wildman–Crippen MR) is 159 cm³/mol. The van der Waals surface area contributed by atoms with E-state index in [9.17, 15) is 35.4 Å². The molecule has 0 amide bonds. The third kappa shape index (κ3) is 5.03. The van der Waals surface area contributed by atoms with Gasteiger partial charge in [-0.2, -0.15) is 0 Å². The van der Waals surface area contributed by atoms with E-state index in [1.54, 1.807) is 6.92 Å². The molecule has 3 saturated heterocycles. The molecule has 3 heterocycles. The van der Waals surface area contributed by atoms with Gasteiger partial charge in [-0.1, -0.05) is 20.8 Å². The summed E-state index contributed by atoms with van der Waals surface area (Å²) in [5.74, 6) is 1.14. The van der Waals surface area contributed by atoms with Gasteiger partial charge in [0.1, 0.15) is 42.7 Å². The Hall–Kier alpha value is -0.930. The largest absolute Gasteiger partial charge is 0.462 e. The summed E-state index contributed by atoms with van der Waals surface area (Å²) in [5.41, 5.74) is -0.115. The highest BCUT2D eigenvalue weighted by atomic mass is 16.7. The molecule has 7 rings (SSSR count). The third-order valence-electron chi connectivity index (χ3n) is 14.1. The molecule has 0 spiro atoms. The van der Waals surface area contributed by atoms with Gasteiger partial charge in [-0.05, 0) is 93.3 Å². The van der Waals surface area contributed by atoms with Crippen molar-refractivity contribution in [2.75, 3.05) is 0 Å². The summed E-state index contributed by atoms with van der Waals surface area (Å²) in [5, 5.41) is 64.4. The second kappa shape index (κ2) is 11.8. The first-order valence-corrected chi connectivity index (χ1v) is 17.6. The fourth-order valence-electron chi connectivity index (χ4n) is 11.6. The van der Waals surface area contributed by atoms with Crippen molar-refractivity contribution < 1.29 is 59.1 Å². The lowest BCUT2D eigenvalue weighted by atomic mass is 9.43. The average Bonchev–Trinajstić information content (AvgIpc) is 3.47. The highest BCUT2D eigenvalue weighted by Gasteiger charge is 2.68. The van der Waals surface area contributed by atoms with E-state index in [2.05, 4.69) is 13.8 Å². The first-order valence-electron chi connectivity index (χ1n) is 17.6. The summed E-state index contributed by atoms with van der Waals surface area (Å²) in [6.07, 6.45) is -7.65. The molecule has 0 aromatic carbocycles. The molecule has 7 aliphatic rings. The molecule has 6 N–H and O–H groups in total. The molecule has 12 heteroatoms. The number of aliphatic hydroxyl groups excluding tert-OH is 6. The minimum Gasteiger partial charge on any atom is -0.462 e. The van der Waals surface area contributed by atoms with Gasteiger partial charge in [0.05, 0.1) is 30.3 Å². The number of ether oxygens (including phenoxy) is 5. The Morgan fingerprint density at radius 1 is 0.696 bits per heavy atom. The van der Waals surface area contributed by atoms with E-state index in [4.69, 9.17) is 23.7 Å². The van der Waals surface area contributed by atoms with E-state index in [-0.39, 0.29) is 46.8 Å². The monoisotopic (exact) mass is 654 g/mol. The van der Waals surface area contributed by atoms with Crippen LogP contribution in [0.4, 0.5) is 0 Å². The zero-order valence-corrected chi connectivity index (χ0v) is 27.6. The van der Waals surface area contributed by atoms with Gasteiger partial charge in [0.15, 0.2) is 12.6 Å². The molecule has 4 aliphatic carbocycles. The molecule has 4 saturated carbocycles. The Kier molecular flexibility index (Phi) is 8.64. The molecule has 21 atom stereocenters. The lowest BCUT2D eigenvalue weighted by Gasteiger charge is -2.63. The van der Waals surface area contributed by atoms with E-state index < -0.39 is 67.5 Å². The number of hydrogen-bond acceptors (Lipinski definition) is 12. The fraction of sp³-hybridized carbons (Fsp3) is 0.971. The summed E-state index contributed by atoms with van der Waals surface area (Å²) < 4.78 is 30.3. The maximum atomic E-state index is 12.6. The zero-order chi connectivity index (χ0) is 33.0. The van der Waals surface area contributed by atoms with Crippen molar-refractivity contribution in [1.29, 1.82) is 0 Å². The summed E-state index contributed by atoms with van der Waals surface area (Å²) in [6, 6.07) is 0. The van der Waals surface area contributed by atoms with Crippen LogP contribution in [0.15, 0.2) is 0 Å². The average molecular weight is 655 g/mol. The number of carbonyl (C=O) groups is 1. The van der Waals surface area contributed by atoms with Crippen LogP contribution in [0.2, 0.25) is 0 Å². The fourth-order valence-corrected chi connectivity index (χ4v) is 11.6. The molecule has 0 unspecified atom stereocenters. The van der Waals surface area contributed by atoms with Crippen LogP contribution in [-0.4, -0.2) is 116 Å². The van der Waals surface area contributed by atoms with Crippen LogP contribution < -0.4 is 0 Å². The highest BCUT2D eigenvalue weighted by Crippen LogP contribution is 2.70. The maximum absolute atomic E-state index is 12.6. The SMILES string of the molecule is C[C@@H]1O[C@@H](O[C@@H]2[C@@H](O)[C@H](O[C@H]3C[C@@H]4[C@H](CC[C@]5(C)[C@@H]6[C@H](C[C@@H]45)OC(=O)[C@H]6C)[C@@]4(C)CC[C@H](O)C[C@@H]34)O[C@H](C)[C@H]2O)[C@H](O)[C@H](O)[C@H]1O. The summed E-state index contributed by atoms with van der Waals surface area (Å²) in [4.78, 5) is 12.6. The van der Waals surface area contributed by atoms with Crippen molar-refractivity contribution in [3.05, 3.63) is 0 Å². The Morgan fingerprint density at radius 3 is 2.07 bits per heavy atom. The Labute approximate surface area is 270 Å². The molecular formula is C34H54O12. The van der Waals surface area contributed by atoms with Gasteiger partial charge in [0.25, 0.3) is 0 Å². The maximum Gasteiger partial charge on any atom is 0.309 e. The lowest BCUT2D eigenvalue weighted by Crippen LogP contribution is -2.64. The molecule has 12 nitrogen and oxygen atoms in total. The quantitative estimate of drug-likeness (QED) is 0.186. The molecule has 7 fully saturated rings. The highest BCUT2D eigenvalue weighted by molar-refractivity contribution is 5.75. The van der Waals surface area contributed by atoms with Crippen LogP contribution in [0.5, 0.6) is 0 Å².